The molecule has 0 unspecified atom stereocenters. The van der Waals surface area contributed by atoms with E-state index in [2.05, 4.69) is 17.9 Å². The lowest BCUT2D eigenvalue weighted by Crippen LogP contribution is -2.36. The van der Waals surface area contributed by atoms with Crippen molar-refractivity contribution in [2.75, 3.05) is 6.54 Å². The maximum Gasteiger partial charge on any atom is 0.0531 e. The molecular formula is C11H17N3. The predicted molar refractivity (Wildman–Crippen MR) is 57.8 cm³/mol. The van der Waals surface area contributed by atoms with Crippen molar-refractivity contribution in [1.82, 2.24) is 9.78 Å². The molecule has 1 aliphatic carbocycles. The number of rotatable bonds is 4. The Bertz CT molecular complexity index is 323. The molecule has 1 fully saturated rings. The smallest absolute Gasteiger partial charge is 0.0531 e. The highest BCUT2D eigenvalue weighted by molar-refractivity contribution is 5.27. The zero-order chi connectivity index (χ0) is 10.0. The molecule has 0 atom stereocenters. The summed E-state index contributed by atoms with van der Waals surface area (Å²) in [7, 11) is 0. The normalized spacial score (nSPS) is 18.9. The molecule has 0 amide bonds. The van der Waals surface area contributed by atoms with Crippen molar-refractivity contribution in [3.8, 4) is 0 Å². The Morgan fingerprint density at radius 3 is 2.86 bits per heavy atom. The van der Waals surface area contributed by atoms with Gasteiger partial charge in [0, 0.05) is 12.4 Å². The number of hydrogen-bond acceptors (Lipinski definition) is 2. The molecule has 2 N–H and O–H groups in total. The predicted octanol–water partition coefficient (Wildman–Crippen LogP) is 1.75. The van der Waals surface area contributed by atoms with Crippen LogP contribution in [-0.2, 0) is 5.41 Å². The zero-order valence-corrected chi connectivity index (χ0v) is 8.45. The van der Waals surface area contributed by atoms with Gasteiger partial charge in [0.05, 0.1) is 6.20 Å². The fourth-order valence-corrected chi connectivity index (χ4v) is 2.27. The molecule has 3 nitrogen and oxygen atoms in total. The van der Waals surface area contributed by atoms with Gasteiger partial charge in [-0.05, 0) is 36.8 Å². The van der Waals surface area contributed by atoms with Crippen LogP contribution in [0.2, 0.25) is 0 Å². The number of hydrogen-bond donors (Lipinski definition) is 1. The van der Waals surface area contributed by atoms with Gasteiger partial charge in [-0.25, -0.2) is 4.68 Å². The SMILES string of the molecule is C=Cn1cc(C2(CCN)CCC2)cn1. The van der Waals surface area contributed by atoms with Gasteiger partial charge >= 0.3 is 0 Å². The first-order valence-electron chi connectivity index (χ1n) is 5.18. The summed E-state index contributed by atoms with van der Waals surface area (Å²) in [5.41, 5.74) is 7.31. The highest BCUT2D eigenvalue weighted by Crippen LogP contribution is 2.45. The molecule has 3 heteroatoms. The second kappa shape index (κ2) is 3.58. The summed E-state index contributed by atoms with van der Waals surface area (Å²) >= 11 is 0. The molecule has 1 aromatic rings. The van der Waals surface area contributed by atoms with Crippen LogP contribution >= 0.6 is 0 Å². The van der Waals surface area contributed by atoms with Crippen LogP contribution in [0.1, 0.15) is 31.2 Å². The van der Waals surface area contributed by atoms with Gasteiger partial charge in [0.25, 0.3) is 0 Å². The van der Waals surface area contributed by atoms with Gasteiger partial charge in [-0.3, -0.25) is 0 Å². The Kier molecular flexibility index (Phi) is 2.42. The fourth-order valence-electron chi connectivity index (χ4n) is 2.27. The Morgan fingerprint density at radius 1 is 1.64 bits per heavy atom. The monoisotopic (exact) mass is 191 g/mol. The third-order valence-electron chi connectivity index (χ3n) is 3.33. The molecule has 76 valence electrons. The van der Waals surface area contributed by atoms with Gasteiger partial charge in [0.15, 0.2) is 0 Å². The molecular weight excluding hydrogens is 174 g/mol. The summed E-state index contributed by atoms with van der Waals surface area (Å²) in [6.07, 6.45) is 10.7. The number of nitrogens with two attached hydrogens (primary N) is 1. The molecule has 1 aliphatic rings. The maximum absolute atomic E-state index is 5.65. The van der Waals surface area contributed by atoms with Gasteiger partial charge in [0.1, 0.15) is 0 Å². The quantitative estimate of drug-likeness (QED) is 0.788. The standard InChI is InChI=1S/C11H17N3/c1-2-14-9-10(8-13-14)11(6-7-12)4-3-5-11/h2,8-9H,1,3-7,12H2. The first-order valence-corrected chi connectivity index (χ1v) is 5.18. The Labute approximate surface area is 84.6 Å². The molecule has 0 aliphatic heterocycles. The lowest BCUT2D eigenvalue weighted by Gasteiger charge is -2.41. The molecule has 0 spiro atoms. The summed E-state index contributed by atoms with van der Waals surface area (Å²) in [4.78, 5) is 0. The van der Waals surface area contributed by atoms with Gasteiger partial charge in [0.2, 0.25) is 0 Å². The summed E-state index contributed by atoms with van der Waals surface area (Å²) in [5.74, 6) is 0. The average Bonchev–Trinajstić information content (AvgIpc) is 2.59. The molecule has 2 rings (SSSR count). The van der Waals surface area contributed by atoms with Crippen molar-refractivity contribution < 1.29 is 0 Å². The first-order chi connectivity index (χ1) is 6.80. The largest absolute Gasteiger partial charge is 0.330 e. The van der Waals surface area contributed by atoms with E-state index in [1.54, 1.807) is 10.9 Å². The summed E-state index contributed by atoms with van der Waals surface area (Å²) in [6, 6.07) is 0. The molecule has 1 heterocycles. The van der Waals surface area contributed by atoms with E-state index in [0.29, 0.717) is 5.41 Å². The molecule has 1 aromatic heterocycles. The molecule has 0 saturated heterocycles. The minimum Gasteiger partial charge on any atom is -0.330 e. The first kappa shape index (κ1) is 9.46. The van der Waals surface area contributed by atoms with Crippen molar-refractivity contribution >= 4 is 6.20 Å². The van der Waals surface area contributed by atoms with E-state index in [4.69, 9.17) is 5.73 Å². The van der Waals surface area contributed by atoms with Crippen LogP contribution < -0.4 is 5.73 Å². The van der Waals surface area contributed by atoms with Crippen LogP contribution in [0.4, 0.5) is 0 Å². The summed E-state index contributed by atoms with van der Waals surface area (Å²) < 4.78 is 1.77. The molecule has 0 radical (unpaired) electrons. The van der Waals surface area contributed by atoms with Gasteiger partial charge in [-0.1, -0.05) is 13.0 Å². The van der Waals surface area contributed by atoms with E-state index in [1.807, 2.05) is 6.20 Å². The van der Waals surface area contributed by atoms with Crippen LogP contribution in [-0.4, -0.2) is 16.3 Å². The zero-order valence-electron chi connectivity index (χ0n) is 8.45. The van der Waals surface area contributed by atoms with Crippen LogP contribution in [0.5, 0.6) is 0 Å². The van der Waals surface area contributed by atoms with E-state index < -0.39 is 0 Å². The van der Waals surface area contributed by atoms with E-state index in [9.17, 15) is 0 Å². The van der Waals surface area contributed by atoms with E-state index in [0.717, 1.165) is 13.0 Å². The number of aromatic nitrogens is 2. The second-order valence-electron chi connectivity index (χ2n) is 4.06. The van der Waals surface area contributed by atoms with Crippen molar-refractivity contribution in [1.29, 1.82) is 0 Å². The van der Waals surface area contributed by atoms with Crippen LogP contribution in [0.15, 0.2) is 19.0 Å². The molecule has 0 bridgehead atoms. The van der Waals surface area contributed by atoms with Crippen LogP contribution in [0.25, 0.3) is 6.20 Å². The fraction of sp³-hybridized carbons (Fsp3) is 0.545. The topological polar surface area (TPSA) is 43.8 Å². The summed E-state index contributed by atoms with van der Waals surface area (Å²) in [6.45, 7) is 4.46. The molecule has 14 heavy (non-hydrogen) atoms. The Balaban J connectivity index is 2.22. The Morgan fingerprint density at radius 2 is 2.43 bits per heavy atom. The minimum atomic E-state index is 0.329. The molecule has 1 saturated carbocycles. The minimum absolute atomic E-state index is 0.329. The lowest BCUT2D eigenvalue weighted by molar-refractivity contribution is 0.229. The van der Waals surface area contributed by atoms with E-state index in [-0.39, 0.29) is 0 Å². The average molecular weight is 191 g/mol. The number of nitrogens with zero attached hydrogens (tertiary/aromatic N) is 2. The van der Waals surface area contributed by atoms with Crippen LogP contribution in [0.3, 0.4) is 0 Å². The van der Waals surface area contributed by atoms with E-state index in [1.165, 1.54) is 24.8 Å². The van der Waals surface area contributed by atoms with E-state index >= 15 is 0 Å². The van der Waals surface area contributed by atoms with Crippen molar-refractivity contribution in [3.05, 3.63) is 24.5 Å². The lowest BCUT2D eigenvalue weighted by atomic mass is 9.63. The second-order valence-corrected chi connectivity index (χ2v) is 4.06. The van der Waals surface area contributed by atoms with Crippen molar-refractivity contribution in [3.63, 3.8) is 0 Å². The van der Waals surface area contributed by atoms with Gasteiger partial charge in [-0.2, -0.15) is 5.10 Å². The highest BCUT2D eigenvalue weighted by Gasteiger charge is 2.38. The third kappa shape index (κ3) is 1.38. The summed E-state index contributed by atoms with van der Waals surface area (Å²) in [5, 5.41) is 4.22. The maximum atomic E-state index is 5.65. The van der Waals surface area contributed by atoms with Crippen molar-refractivity contribution in [2.45, 2.75) is 31.1 Å². The third-order valence-corrected chi connectivity index (χ3v) is 3.33. The van der Waals surface area contributed by atoms with Gasteiger partial charge in [-0.15, -0.1) is 0 Å². The van der Waals surface area contributed by atoms with Crippen LogP contribution in [0, 0.1) is 0 Å². The Hall–Kier alpha value is -1.09. The van der Waals surface area contributed by atoms with Gasteiger partial charge < -0.3 is 5.73 Å². The molecule has 0 aromatic carbocycles. The highest BCUT2D eigenvalue weighted by atomic mass is 15.2. The van der Waals surface area contributed by atoms with Crippen molar-refractivity contribution in [2.24, 2.45) is 5.73 Å².